The summed E-state index contributed by atoms with van der Waals surface area (Å²) in [7, 11) is 4.53. The number of rotatable bonds is 3. The molecule has 0 heterocycles. The lowest BCUT2D eigenvalue weighted by Gasteiger charge is -2.08. The fourth-order valence-electron chi connectivity index (χ4n) is 0.289. The molecule has 0 fully saturated rings. The summed E-state index contributed by atoms with van der Waals surface area (Å²) < 4.78 is 13.8. The van der Waals surface area contributed by atoms with Gasteiger partial charge in [0, 0.05) is 21.3 Å². The van der Waals surface area contributed by atoms with Crippen molar-refractivity contribution in [3.63, 3.8) is 0 Å². The van der Waals surface area contributed by atoms with E-state index in [1.165, 1.54) is 21.3 Å². The Bertz CT molecular complexity index is 53.7. The van der Waals surface area contributed by atoms with Gasteiger partial charge in [0.25, 0.3) is 13.0 Å². The molecule has 0 unspecified atom stereocenters. The predicted octanol–water partition coefficient (Wildman–Crippen LogP) is -1.54. The Morgan fingerprint density at radius 2 is 1.00 bits per heavy atom. The Morgan fingerprint density at radius 1 is 0.818 bits per heavy atom. The van der Waals surface area contributed by atoms with E-state index in [1.54, 1.807) is 0 Å². The molecule has 0 aliphatic carbocycles. The third kappa shape index (κ3) is 17.7. The Hall–Kier alpha value is -0.240. The normalized spacial score (nSPS) is 9.82. The van der Waals surface area contributed by atoms with Gasteiger partial charge in [-0.1, -0.05) is 0 Å². The highest BCUT2D eigenvalue weighted by Gasteiger charge is 1.96. The van der Waals surface area contributed by atoms with E-state index in [1.807, 2.05) is 0 Å². The fraction of sp³-hybridized carbons (Fsp3) is 1.00. The molecule has 0 saturated carbocycles. The molecule has 0 aromatic heterocycles. The zero-order chi connectivity index (χ0) is 9.28. The summed E-state index contributed by atoms with van der Waals surface area (Å²) >= 11 is 0. The molecule has 0 saturated heterocycles. The summed E-state index contributed by atoms with van der Waals surface area (Å²) in [5.74, 6) is 0. The number of aliphatic hydroxyl groups is 3. The second-order valence-corrected chi connectivity index (χ2v) is 1.34. The van der Waals surface area contributed by atoms with Crippen LogP contribution in [0.15, 0.2) is 0 Å². The highest BCUT2D eigenvalue weighted by molar-refractivity contribution is 4.08. The van der Waals surface area contributed by atoms with Gasteiger partial charge in [0.05, 0.1) is 0 Å². The third-order valence-electron chi connectivity index (χ3n) is 0.577. The van der Waals surface area contributed by atoms with Crippen molar-refractivity contribution >= 4 is 0 Å². The van der Waals surface area contributed by atoms with Crippen LogP contribution in [-0.4, -0.2) is 49.6 Å². The van der Waals surface area contributed by atoms with E-state index in [-0.39, 0.29) is 0 Å². The SMILES string of the molecule is COC(OC)OC.OC(O)O. The summed E-state index contributed by atoms with van der Waals surface area (Å²) in [6, 6.07) is 0. The highest BCUT2D eigenvalue weighted by atomic mass is 16.8. The maximum Gasteiger partial charge on any atom is 0.270 e. The predicted molar refractivity (Wildman–Crippen MR) is 35.3 cm³/mol. The molecule has 70 valence electrons. The standard InChI is InChI=1S/C4H10O3.CH4O3/c1-5-4(6-2)7-3;2-1(3)4/h4H,1-3H3;1-4H. The summed E-state index contributed by atoms with van der Waals surface area (Å²) in [5, 5.41) is 21.5. The van der Waals surface area contributed by atoms with E-state index >= 15 is 0 Å². The summed E-state index contributed by atoms with van der Waals surface area (Å²) in [5.41, 5.74) is 0. The molecule has 0 aliphatic rings. The van der Waals surface area contributed by atoms with Crippen molar-refractivity contribution in [1.29, 1.82) is 0 Å². The molecule has 6 heteroatoms. The Balaban J connectivity index is 0. The first-order valence-corrected chi connectivity index (χ1v) is 2.71. The topological polar surface area (TPSA) is 88.4 Å². The number of hydrogen-bond donors (Lipinski definition) is 3. The molecular formula is C5H14O6. The lowest BCUT2D eigenvalue weighted by Crippen LogP contribution is -2.14. The van der Waals surface area contributed by atoms with E-state index in [0.29, 0.717) is 0 Å². The molecule has 3 N–H and O–H groups in total. The van der Waals surface area contributed by atoms with Gasteiger partial charge in [-0.15, -0.1) is 0 Å². The van der Waals surface area contributed by atoms with Crippen LogP contribution in [0.25, 0.3) is 0 Å². The zero-order valence-corrected chi connectivity index (χ0v) is 6.72. The molecule has 0 aromatic rings. The van der Waals surface area contributed by atoms with Gasteiger partial charge in [-0.05, 0) is 0 Å². The first kappa shape index (κ1) is 13.4. The fourth-order valence-corrected chi connectivity index (χ4v) is 0.289. The minimum absolute atomic E-state index is 0.514. The van der Waals surface area contributed by atoms with Crippen molar-refractivity contribution in [2.75, 3.05) is 21.3 Å². The van der Waals surface area contributed by atoms with E-state index in [9.17, 15) is 0 Å². The number of aliphatic hydroxyl groups excluding tert-OH is 1. The highest BCUT2D eigenvalue weighted by Crippen LogP contribution is 1.87. The summed E-state index contributed by atoms with van der Waals surface area (Å²) in [6.07, 6.45) is 0. The number of ether oxygens (including phenoxy) is 3. The molecule has 0 bridgehead atoms. The molecule has 0 spiro atoms. The second kappa shape index (κ2) is 9.76. The van der Waals surface area contributed by atoms with Gasteiger partial charge in [0.15, 0.2) is 0 Å². The minimum atomic E-state index is -2.17. The van der Waals surface area contributed by atoms with Gasteiger partial charge in [0.1, 0.15) is 0 Å². The average molecular weight is 170 g/mol. The molecule has 0 amide bonds. The Labute approximate surface area is 64.9 Å². The molecule has 11 heavy (non-hydrogen) atoms. The van der Waals surface area contributed by atoms with Crippen LogP contribution in [0.4, 0.5) is 0 Å². The third-order valence-corrected chi connectivity index (χ3v) is 0.577. The maximum absolute atomic E-state index is 7.17. The molecular weight excluding hydrogens is 156 g/mol. The van der Waals surface area contributed by atoms with E-state index in [4.69, 9.17) is 15.3 Å². The van der Waals surface area contributed by atoms with E-state index < -0.39 is 13.0 Å². The molecule has 0 aromatic carbocycles. The molecule has 0 rings (SSSR count). The summed E-state index contributed by atoms with van der Waals surface area (Å²) in [6.45, 7) is -2.68. The number of methoxy groups -OCH3 is 3. The zero-order valence-electron chi connectivity index (χ0n) is 6.72. The first-order chi connectivity index (χ1) is 5.08. The van der Waals surface area contributed by atoms with Crippen LogP contribution in [0, 0.1) is 0 Å². The average Bonchev–Trinajstić information content (AvgIpc) is 1.90. The van der Waals surface area contributed by atoms with E-state index in [2.05, 4.69) is 14.2 Å². The quantitative estimate of drug-likeness (QED) is 0.445. The van der Waals surface area contributed by atoms with Crippen molar-refractivity contribution in [1.82, 2.24) is 0 Å². The first-order valence-electron chi connectivity index (χ1n) is 2.71. The maximum atomic E-state index is 7.17. The molecule has 0 aliphatic heterocycles. The van der Waals surface area contributed by atoms with Crippen molar-refractivity contribution in [2.45, 2.75) is 13.0 Å². The van der Waals surface area contributed by atoms with Crippen molar-refractivity contribution < 1.29 is 29.5 Å². The van der Waals surface area contributed by atoms with Gasteiger partial charge < -0.3 is 29.5 Å². The molecule has 0 radical (unpaired) electrons. The monoisotopic (exact) mass is 170 g/mol. The van der Waals surface area contributed by atoms with Crippen molar-refractivity contribution in [3.8, 4) is 0 Å². The van der Waals surface area contributed by atoms with Gasteiger partial charge in [0.2, 0.25) is 0 Å². The van der Waals surface area contributed by atoms with Crippen LogP contribution in [0.5, 0.6) is 0 Å². The van der Waals surface area contributed by atoms with Crippen LogP contribution in [-0.2, 0) is 14.2 Å². The lowest BCUT2D eigenvalue weighted by atomic mass is 11.2. The summed E-state index contributed by atoms with van der Waals surface area (Å²) in [4.78, 5) is 0. The smallest absolute Gasteiger partial charge is 0.270 e. The van der Waals surface area contributed by atoms with Crippen LogP contribution >= 0.6 is 0 Å². The van der Waals surface area contributed by atoms with Gasteiger partial charge >= 0.3 is 0 Å². The van der Waals surface area contributed by atoms with Crippen LogP contribution < -0.4 is 0 Å². The van der Waals surface area contributed by atoms with E-state index in [0.717, 1.165) is 0 Å². The Kier molecular flexibility index (Phi) is 11.9. The Morgan fingerprint density at radius 3 is 1.00 bits per heavy atom. The van der Waals surface area contributed by atoms with Crippen molar-refractivity contribution in [2.24, 2.45) is 0 Å². The second-order valence-electron chi connectivity index (χ2n) is 1.34. The molecule has 6 nitrogen and oxygen atoms in total. The van der Waals surface area contributed by atoms with Crippen LogP contribution in [0.3, 0.4) is 0 Å². The van der Waals surface area contributed by atoms with Crippen molar-refractivity contribution in [3.05, 3.63) is 0 Å². The van der Waals surface area contributed by atoms with Gasteiger partial charge in [-0.25, -0.2) is 0 Å². The molecule has 0 atom stereocenters. The largest absolute Gasteiger partial charge is 0.346 e. The van der Waals surface area contributed by atoms with Gasteiger partial charge in [-0.2, -0.15) is 0 Å². The number of hydrogen-bond acceptors (Lipinski definition) is 6. The van der Waals surface area contributed by atoms with Crippen LogP contribution in [0.2, 0.25) is 0 Å². The van der Waals surface area contributed by atoms with Gasteiger partial charge in [-0.3, -0.25) is 0 Å². The van der Waals surface area contributed by atoms with Crippen LogP contribution in [0.1, 0.15) is 0 Å². The lowest BCUT2D eigenvalue weighted by molar-refractivity contribution is -0.252. The minimum Gasteiger partial charge on any atom is -0.346 e.